The third kappa shape index (κ3) is 3.97. The molecule has 1 saturated heterocycles. The van der Waals surface area contributed by atoms with E-state index >= 15 is 0 Å². The third-order valence-corrected chi connectivity index (χ3v) is 4.48. The predicted octanol–water partition coefficient (Wildman–Crippen LogP) is 2.53. The molecule has 0 spiro atoms. The van der Waals surface area contributed by atoms with Crippen molar-refractivity contribution in [2.75, 3.05) is 25.2 Å². The van der Waals surface area contributed by atoms with Gasteiger partial charge in [-0.3, -0.25) is 0 Å². The monoisotopic (exact) mass is 231 g/mol. The van der Waals surface area contributed by atoms with Gasteiger partial charge >= 0.3 is 0 Å². The van der Waals surface area contributed by atoms with E-state index in [9.17, 15) is 0 Å². The van der Waals surface area contributed by atoms with E-state index in [2.05, 4.69) is 37.8 Å². The summed E-state index contributed by atoms with van der Waals surface area (Å²) in [6, 6.07) is 1.15. The SMILES string of the molecule is CCC(COC)NC1CSCCC1(C)C. The summed E-state index contributed by atoms with van der Waals surface area (Å²) in [5.74, 6) is 2.56. The van der Waals surface area contributed by atoms with Crippen molar-refractivity contribution in [3.05, 3.63) is 0 Å². The molecule has 2 atom stereocenters. The lowest BCUT2D eigenvalue weighted by atomic mass is 9.82. The van der Waals surface area contributed by atoms with Crippen molar-refractivity contribution in [3.63, 3.8) is 0 Å². The van der Waals surface area contributed by atoms with Crippen LogP contribution in [0.25, 0.3) is 0 Å². The van der Waals surface area contributed by atoms with Crippen molar-refractivity contribution in [2.45, 2.75) is 45.7 Å². The molecule has 3 heteroatoms. The van der Waals surface area contributed by atoms with Crippen LogP contribution in [0.1, 0.15) is 33.6 Å². The van der Waals surface area contributed by atoms with E-state index < -0.39 is 0 Å². The van der Waals surface area contributed by atoms with Crippen molar-refractivity contribution in [1.29, 1.82) is 0 Å². The average molecular weight is 231 g/mol. The zero-order valence-corrected chi connectivity index (χ0v) is 11.3. The molecule has 1 rings (SSSR count). The largest absolute Gasteiger partial charge is 0.383 e. The van der Waals surface area contributed by atoms with Gasteiger partial charge in [-0.25, -0.2) is 0 Å². The van der Waals surface area contributed by atoms with Gasteiger partial charge in [0.25, 0.3) is 0 Å². The van der Waals surface area contributed by atoms with Gasteiger partial charge in [0.15, 0.2) is 0 Å². The van der Waals surface area contributed by atoms with Crippen LogP contribution in [0.15, 0.2) is 0 Å². The number of thioether (sulfide) groups is 1. The molecule has 0 bridgehead atoms. The van der Waals surface area contributed by atoms with E-state index in [1.165, 1.54) is 17.9 Å². The van der Waals surface area contributed by atoms with Gasteiger partial charge in [-0.15, -0.1) is 0 Å². The van der Waals surface area contributed by atoms with Crippen molar-refractivity contribution >= 4 is 11.8 Å². The van der Waals surface area contributed by atoms with E-state index in [4.69, 9.17) is 4.74 Å². The van der Waals surface area contributed by atoms with Gasteiger partial charge in [-0.1, -0.05) is 20.8 Å². The lowest BCUT2D eigenvalue weighted by Crippen LogP contribution is -2.51. The Morgan fingerprint density at radius 2 is 2.27 bits per heavy atom. The van der Waals surface area contributed by atoms with Crippen molar-refractivity contribution < 1.29 is 4.74 Å². The highest BCUT2D eigenvalue weighted by molar-refractivity contribution is 7.99. The zero-order valence-electron chi connectivity index (χ0n) is 10.5. The van der Waals surface area contributed by atoms with Gasteiger partial charge in [0.05, 0.1) is 6.61 Å². The number of hydrogen-bond donors (Lipinski definition) is 1. The van der Waals surface area contributed by atoms with Gasteiger partial charge in [0.2, 0.25) is 0 Å². The molecule has 1 N–H and O–H groups in total. The minimum Gasteiger partial charge on any atom is -0.383 e. The Labute approximate surface area is 98.5 Å². The lowest BCUT2D eigenvalue weighted by Gasteiger charge is -2.40. The molecule has 0 amide bonds. The zero-order chi connectivity index (χ0) is 11.3. The number of hydrogen-bond acceptors (Lipinski definition) is 3. The molecule has 0 aromatic rings. The highest BCUT2D eigenvalue weighted by atomic mass is 32.2. The fraction of sp³-hybridized carbons (Fsp3) is 1.00. The maximum atomic E-state index is 5.24. The lowest BCUT2D eigenvalue weighted by molar-refractivity contribution is 0.139. The summed E-state index contributed by atoms with van der Waals surface area (Å²) in [7, 11) is 1.78. The number of nitrogens with one attached hydrogen (secondary N) is 1. The fourth-order valence-electron chi connectivity index (χ4n) is 1.98. The molecule has 0 aromatic heterocycles. The molecule has 2 unspecified atom stereocenters. The van der Waals surface area contributed by atoms with Crippen LogP contribution in [0.4, 0.5) is 0 Å². The Kier molecular flexibility index (Phi) is 5.44. The summed E-state index contributed by atoms with van der Waals surface area (Å²) in [4.78, 5) is 0. The molecule has 0 aromatic carbocycles. The second-order valence-corrected chi connectivity index (χ2v) is 6.24. The Bertz CT molecular complexity index is 184. The molecule has 0 saturated carbocycles. The van der Waals surface area contributed by atoms with Crippen molar-refractivity contribution in [3.8, 4) is 0 Å². The van der Waals surface area contributed by atoms with E-state index in [0.29, 0.717) is 17.5 Å². The summed E-state index contributed by atoms with van der Waals surface area (Å²) in [5, 5.41) is 3.75. The van der Waals surface area contributed by atoms with E-state index in [-0.39, 0.29) is 0 Å². The number of rotatable bonds is 5. The molecular formula is C12H25NOS. The van der Waals surface area contributed by atoms with Crippen LogP contribution in [0, 0.1) is 5.41 Å². The van der Waals surface area contributed by atoms with E-state index in [0.717, 1.165) is 13.0 Å². The highest BCUT2D eigenvalue weighted by Gasteiger charge is 2.33. The summed E-state index contributed by atoms with van der Waals surface area (Å²) in [6.07, 6.45) is 2.46. The fourth-order valence-corrected chi connectivity index (χ4v) is 3.60. The second kappa shape index (κ2) is 6.12. The van der Waals surface area contributed by atoms with Crippen LogP contribution < -0.4 is 5.32 Å². The number of ether oxygens (including phenoxy) is 1. The normalized spacial score (nSPS) is 27.6. The van der Waals surface area contributed by atoms with Gasteiger partial charge in [-0.2, -0.15) is 11.8 Å². The Balaban J connectivity index is 2.46. The van der Waals surface area contributed by atoms with E-state index in [1.807, 2.05) is 0 Å². The van der Waals surface area contributed by atoms with Crippen LogP contribution >= 0.6 is 11.8 Å². The Morgan fingerprint density at radius 1 is 1.53 bits per heavy atom. The maximum Gasteiger partial charge on any atom is 0.0615 e. The van der Waals surface area contributed by atoms with Crippen molar-refractivity contribution in [1.82, 2.24) is 5.32 Å². The summed E-state index contributed by atoms with van der Waals surface area (Å²) >= 11 is 2.07. The molecule has 1 heterocycles. The first-order valence-corrected chi connectivity index (χ1v) is 7.08. The standard InChI is InChI=1S/C12H25NOS/c1-5-10(8-14-4)13-11-9-15-7-6-12(11,2)3/h10-11,13H,5-9H2,1-4H3. The molecule has 1 fully saturated rings. The molecule has 1 aliphatic rings. The first-order valence-electron chi connectivity index (χ1n) is 5.93. The minimum absolute atomic E-state index is 0.437. The first kappa shape index (κ1) is 13.3. The summed E-state index contributed by atoms with van der Waals surface area (Å²) in [6.45, 7) is 7.81. The third-order valence-electron chi connectivity index (χ3n) is 3.42. The van der Waals surface area contributed by atoms with Crippen LogP contribution in [0.2, 0.25) is 0 Å². The maximum absolute atomic E-state index is 5.24. The molecule has 0 radical (unpaired) electrons. The van der Waals surface area contributed by atoms with Gasteiger partial charge in [0, 0.05) is 24.9 Å². The minimum atomic E-state index is 0.437. The van der Waals surface area contributed by atoms with Gasteiger partial charge < -0.3 is 10.1 Å². The van der Waals surface area contributed by atoms with Gasteiger partial charge in [0.1, 0.15) is 0 Å². The van der Waals surface area contributed by atoms with Gasteiger partial charge in [-0.05, 0) is 24.0 Å². The van der Waals surface area contributed by atoms with Crippen molar-refractivity contribution in [2.24, 2.45) is 5.41 Å². The smallest absolute Gasteiger partial charge is 0.0615 e. The molecule has 90 valence electrons. The Morgan fingerprint density at radius 3 is 2.80 bits per heavy atom. The summed E-state index contributed by atoms with van der Waals surface area (Å²) < 4.78 is 5.24. The molecule has 0 aliphatic carbocycles. The Hall–Kier alpha value is 0.270. The predicted molar refractivity (Wildman–Crippen MR) is 68.6 cm³/mol. The molecule has 15 heavy (non-hydrogen) atoms. The van der Waals surface area contributed by atoms with Crippen LogP contribution in [0.5, 0.6) is 0 Å². The number of methoxy groups -OCH3 is 1. The molecule has 2 nitrogen and oxygen atoms in total. The molecular weight excluding hydrogens is 206 g/mol. The highest BCUT2D eigenvalue weighted by Crippen LogP contribution is 2.34. The first-order chi connectivity index (χ1) is 7.10. The van der Waals surface area contributed by atoms with Crippen LogP contribution in [0.3, 0.4) is 0 Å². The van der Waals surface area contributed by atoms with Crippen LogP contribution in [-0.4, -0.2) is 37.3 Å². The topological polar surface area (TPSA) is 21.3 Å². The summed E-state index contributed by atoms with van der Waals surface area (Å²) in [5.41, 5.74) is 0.437. The second-order valence-electron chi connectivity index (χ2n) is 5.09. The quantitative estimate of drug-likeness (QED) is 0.785. The average Bonchev–Trinajstić information content (AvgIpc) is 2.20. The van der Waals surface area contributed by atoms with E-state index in [1.54, 1.807) is 7.11 Å². The molecule has 1 aliphatic heterocycles. The van der Waals surface area contributed by atoms with Crippen LogP contribution in [-0.2, 0) is 4.74 Å².